The molecule has 0 unspecified atom stereocenters. The summed E-state index contributed by atoms with van der Waals surface area (Å²) < 4.78 is 0. The van der Waals surface area contributed by atoms with E-state index >= 15 is 0 Å². The molecule has 0 atom stereocenters. The summed E-state index contributed by atoms with van der Waals surface area (Å²) in [6, 6.07) is 14.5. The zero-order valence-electron chi connectivity index (χ0n) is 13.4. The molecule has 0 saturated heterocycles. The summed E-state index contributed by atoms with van der Waals surface area (Å²) in [6.45, 7) is 0. The molecule has 1 heterocycles. The van der Waals surface area contributed by atoms with Crippen LogP contribution in [0.25, 0.3) is 0 Å². The van der Waals surface area contributed by atoms with Gasteiger partial charge in [-0.3, -0.25) is 9.59 Å². The monoisotopic (exact) mass is 320 g/mol. The molecular weight excluding hydrogens is 304 g/mol. The van der Waals surface area contributed by atoms with E-state index in [2.05, 4.69) is 10.2 Å². The Morgan fingerprint density at radius 2 is 1.46 bits per heavy atom. The highest BCUT2D eigenvalue weighted by Crippen LogP contribution is 2.32. The quantitative estimate of drug-likeness (QED) is 0.638. The molecule has 24 heavy (non-hydrogen) atoms. The molecule has 0 aromatic heterocycles. The molecule has 2 amide bonds. The van der Waals surface area contributed by atoms with Crippen LogP contribution in [0.2, 0.25) is 0 Å². The number of azo groups is 1. The molecule has 0 aliphatic carbocycles. The van der Waals surface area contributed by atoms with E-state index in [9.17, 15) is 9.59 Å². The van der Waals surface area contributed by atoms with Crippen molar-refractivity contribution in [2.75, 3.05) is 23.9 Å². The van der Waals surface area contributed by atoms with E-state index in [1.807, 2.05) is 43.3 Å². The first-order valence-corrected chi connectivity index (χ1v) is 7.40. The zero-order chi connectivity index (χ0) is 17.1. The third-order valence-electron chi connectivity index (χ3n) is 3.57. The van der Waals surface area contributed by atoms with Gasteiger partial charge in [-0.2, -0.15) is 5.11 Å². The first-order valence-electron chi connectivity index (χ1n) is 7.40. The fraction of sp³-hybridized carbons (Fsp3) is 0.111. The number of nitrogens with zero attached hydrogens (tertiary/aromatic N) is 4. The molecule has 0 saturated carbocycles. The number of imide groups is 1. The molecular formula is C18H16N4O2. The van der Waals surface area contributed by atoms with Crippen LogP contribution >= 0.6 is 0 Å². The molecule has 120 valence electrons. The van der Waals surface area contributed by atoms with Crippen LogP contribution in [0.5, 0.6) is 0 Å². The maximum atomic E-state index is 11.9. The Morgan fingerprint density at radius 3 is 2.08 bits per heavy atom. The fourth-order valence-corrected chi connectivity index (χ4v) is 2.30. The first-order chi connectivity index (χ1) is 11.6. The Kier molecular flexibility index (Phi) is 4.20. The van der Waals surface area contributed by atoms with E-state index in [0.29, 0.717) is 17.1 Å². The largest absolute Gasteiger partial charge is 0.378 e. The van der Waals surface area contributed by atoms with Crippen LogP contribution in [-0.4, -0.2) is 25.9 Å². The number of carbonyl (C=O) groups is 2. The van der Waals surface area contributed by atoms with E-state index in [4.69, 9.17) is 0 Å². The van der Waals surface area contributed by atoms with Gasteiger partial charge in [0, 0.05) is 31.9 Å². The molecule has 1 aliphatic rings. The molecule has 6 heteroatoms. The number of para-hydroxylation sites is 1. The van der Waals surface area contributed by atoms with Gasteiger partial charge in [0.15, 0.2) is 0 Å². The highest BCUT2D eigenvalue weighted by Gasteiger charge is 2.27. The van der Waals surface area contributed by atoms with Crippen molar-refractivity contribution in [2.45, 2.75) is 0 Å². The van der Waals surface area contributed by atoms with Gasteiger partial charge in [-0.15, -0.1) is 5.11 Å². The second-order valence-electron chi connectivity index (χ2n) is 5.44. The summed E-state index contributed by atoms with van der Waals surface area (Å²) >= 11 is 0. The molecule has 3 rings (SSSR count). The third kappa shape index (κ3) is 3.08. The molecule has 0 N–H and O–H groups in total. The van der Waals surface area contributed by atoms with Gasteiger partial charge in [0.1, 0.15) is 5.69 Å². The van der Waals surface area contributed by atoms with Crippen molar-refractivity contribution in [3.8, 4) is 0 Å². The maximum absolute atomic E-state index is 11.9. The predicted octanol–water partition coefficient (Wildman–Crippen LogP) is 3.60. The van der Waals surface area contributed by atoms with Gasteiger partial charge in [0.05, 0.1) is 11.4 Å². The zero-order valence-corrected chi connectivity index (χ0v) is 13.4. The fourth-order valence-electron chi connectivity index (χ4n) is 2.30. The van der Waals surface area contributed by atoms with Crippen molar-refractivity contribution < 1.29 is 9.59 Å². The van der Waals surface area contributed by atoms with Crippen LogP contribution in [0, 0.1) is 0 Å². The van der Waals surface area contributed by atoms with E-state index < -0.39 is 0 Å². The summed E-state index contributed by atoms with van der Waals surface area (Å²) in [4.78, 5) is 26.8. The highest BCUT2D eigenvalue weighted by molar-refractivity contribution is 6.29. The van der Waals surface area contributed by atoms with Gasteiger partial charge in [-0.1, -0.05) is 12.1 Å². The van der Waals surface area contributed by atoms with Crippen LogP contribution in [0.1, 0.15) is 0 Å². The second kappa shape index (κ2) is 6.45. The minimum Gasteiger partial charge on any atom is -0.378 e. The summed E-state index contributed by atoms with van der Waals surface area (Å²) in [7, 11) is 3.93. The van der Waals surface area contributed by atoms with Crippen molar-refractivity contribution in [2.24, 2.45) is 10.2 Å². The Labute approximate surface area is 139 Å². The molecule has 0 fully saturated rings. The highest BCUT2D eigenvalue weighted by atomic mass is 16.2. The van der Waals surface area contributed by atoms with E-state index in [1.54, 1.807) is 24.3 Å². The molecule has 0 spiro atoms. The van der Waals surface area contributed by atoms with Crippen LogP contribution in [0.4, 0.5) is 22.7 Å². The second-order valence-corrected chi connectivity index (χ2v) is 5.44. The molecule has 0 bridgehead atoms. The van der Waals surface area contributed by atoms with E-state index in [1.165, 1.54) is 12.2 Å². The van der Waals surface area contributed by atoms with Crippen LogP contribution in [0.3, 0.4) is 0 Å². The van der Waals surface area contributed by atoms with Crippen LogP contribution in [-0.2, 0) is 9.59 Å². The number of benzene rings is 2. The van der Waals surface area contributed by atoms with E-state index in [0.717, 1.165) is 10.6 Å². The van der Waals surface area contributed by atoms with Gasteiger partial charge < -0.3 is 4.90 Å². The summed E-state index contributed by atoms with van der Waals surface area (Å²) in [5.41, 5.74) is 2.63. The number of anilines is 2. The number of rotatable bonds is 4. The molecule has 0 radical (unpaired) electrons. The van der Waals surface area contributed by atoms with Crippen molar-refractivity contribution in [3.05, 3.63) is 60.7 Å². The number of carbonyl (C=O) groups excluding carboxylic acids is 2. The van der Waals surface area contributed by atoms with Crippen LogP contribution < -0.4 is 9.80 Å². The molecule has 2 aromatic carbocycles. The average molecular weight is 320 g/mol. The lowest BCUT2D eigenvalue weighted by molar-refractivity contribution is -0.119. The van der Waals surface area contributed by atoms with Gasteiger partial charge in [-0.25, -0.2) is 4.90 Å². The minimum absolute atomic E-state index is 0.377. The minimum atomic E-state index is -0.377. The van der Waals surface area contributed by atoms with Crippen LogP contribution in [0.15, 0.2) is 70.9 Å². The number of amides is 2. The van der Waals surface area contributed by atoms with E-state index in [-0.39, 0.29) is 11.8 Å². The van der Waals surface area contributed by atoms with Crippen molar-refractivity contribution in [3.63, 3.8) is 0 Å². The summed E-state index contributed by atoms with van der Waals surface area (Å²) in [5.74, 6) is -0.754. The Hall–Kier alpha value is -3.28. The van der Waals surface area contributed by atoms with Gasteiger partial charge in [0.2, 0.25) is 0 Å². The van der Waals surface area contributed by atoms with Crippen molar-refractivity contribution in [1.82, 2.24) is 0 Å². The summed E-state index contributed by atoms with van der Waals surface area (Å²) in [5, 5.41) is 8.40. The molecule has 6 nitrogen and oxygen atoms in total. The third-order valence-corrected chi connectivity index (χ3v) is 3.57. The normalized spacial score (nSPS) is 14.0. The van der Waals surface area contributed by atoms with Gasteiger partial charge in [0.25, 0.3) is 11.8 Å². The number of hydrogen-bond acceptors (Lipinski definition) is 5. The average Bonchev–Trinajstić information content (AvgIpc) is 2.92. The Morgan fingerprint density at radius 1 is 0.833 bits per heavy atom. The molecule has 1 aliphatic heterocycles. The lowest BCUT2D eigenvalue weighted by Crippen LogP contribution is -2.29. The van der Waals surface area contributed by atoms with Crippen molar-refractivity contribution >= 4 is 34.6 Å². The van der Waals surface area contributed by atoms with Crippen molar-refractivity contribution in [1.29, 1.82) is 0 Å². The smallest absolute Gasteiger partial charge is 0.258 e. The standard InChI is InChI=1S/C18H16N4O2/c1-21(2)14-9-7-13(8-10-14)19-20-15-5-3-4-6-16(15)22-17(23)11-12-18(22)24/h3-12H,1-2H3. The lowest BCUT2D eigenvalue weighted by atomic mass is 10.2. The maximum Gasteiger partial charge on any atom is 0.258 e. The Balaban J connectivity index is 1.88. The summed E-state index contributed by atoms with van der Waals surface area (Å²) in [6.07, 6.45) is 2.49. The molecule has 2 aromatic rings. The first kappa shape index (κ1) is 15.6. The Bertz CT molecular complexity index is 820. The SMILES string of the molecule is CN(C)c1ccc(N=Nc2ccccc2N2C(=O)C=CC2=O)cc1. The lowest BCUT2D eigenvalue weighted by Gasteiger charge is -2.15. The number of hydrogen-bond donors (Lipinski definition) is 0. The topological polar surface area (TPSA) is 65.3 Å². The predicted molar refractivity (Wildman–Crippen MR) is 93.0 cm³/mol. The van der Waals surface area contributed by atoms with Gasteiger partial charge >= 0.3 is 0 Å². The van der Waals surface area contributed by atoms with Gasteiger partial charge in [-0.05, 0) is 36.4 Å².